The van der Waals surface area contributed by atoms with E-state index in [0.717, 1.165) is 5.56 Å². The Bertz CT molecular complexity index is 630. The number of halogens is 1. The summed E-state index contributed by atoms with van der Waals surface area (Å²) < 4.78 is 0. The number of carbonyl (C=O) groups excluding carboxylic acids is 1. The number of nitrogens with one attached hydrogen (secondary N) is 1. The smallest absolute Gasteiger partial charge is 0.256 e. The fourth-order valence-corrected chi connectivity index (χ4v) is 2.15. The number of nitrogens with zero attached hydrogens (tertiary/aromatic N) is 2. The van der Waals surface area contributed by atoms with E-state index in [1.54, 1.807) is 24.2 Å². The summed E-state index contributed by atoms with van der Waals surface area (Å²) in [4.78, 5) is 18.2. The second kappa shape index (κ2) is 6.56. The number of amides is 1. The molecule has 1 aromatic carbocycles. The minimum absolute atomic E-state index is 0.0893. The highest BCUT2D eigenvalue weighted by atomic mass is 35.5. The number of hydrogen-bond acceptors (Lipinski definition) is 4. The predicted molar refractivity (Wildman–Crippen MR) is 84.0 cm³/mol. The van der Waals surface area contributed by atoms with E-state index < -0.39 is 0 Å². The molecule has 0 radical (unpaired) electrons. The molecule has 0 aliphatic rings. The summed E-state index contributed by atoms with van der Waals surface area (Å²) in [5.74, 6) is 5.29. The first-order chi connectivity index (χ1) is 10.0. The van der Waals surface area contributed by atoms with Crippen LogP contribution < -0.4 is 11.3 Å². The van der Waals surface area contributed by atoms with Gasteiger partial charge in [0, 0.05) is 18.3 Å². The van der Waals surface area contributed by atoms with Crippen LogP contribution in [0.25, 0.3) is 0 Å². The Morgan fingerprint density at radius 3 is 2.62 bits per heavy atom. The standard InChI is InChI=1S/C15H17ClN4O/c1-10(11-3-5-12(16)6-4-11)20(2)15(21)13-7-8-18-9-14(13)19-17/h3-10,19H,17H2,1-2H3. The molecule has 1 heterocycles. The Morgan fingerprint density at radius 2 is 2.00 bits per heavy atom. The van der Waals surface area contributed by atoms with E-state index >= 15 is 0 Å². The third-order valence-corrected chi connectivity index (χ3v) is 3.71. The first kappa shape index (κ1) is 15.3. The molecule has 3 N–H and O–H groups in total. The van der Waals surface area contributed by atoms with Crippen LogP contribution in [-0.2, 0) is 0 Å². The number of hydrogen-bond donors (Lipinski definition) is 2. The van der Waals surface area contributed by atoms with Crippen LogP contribution in [0, 0.1) is 0 Å². The molecular formula is C15H17ClN4O. The van der Waals surface area contributed by atoms with Crippen molar-refractivity contribution in [2.45, 2.75) is 13.0 Å². The van der Waals surface area contributed by atoms with E-state index in [4.69, 9.17) is 17.4 Å². The normalized spacial score (nSPS) is 11.8. The number of pyridine rings is 1. The summed E-state index contributed by atoms with van der Waals surface area (Å²) in [6.07, 6.45) is 3.09. The molecule has 0 saturated carbocycles. The lowest BCUT2D eigenvalue weighted by Gasteiger charge is -2.26. The number of nitrogen functional groups attached to an aromatic ring is 1. The first-order valence-corrected chi connectivity index (χ1v) is 6.85. The van der Waals surface area contributed by atoms with Crippen molar-refractivity contribution in [3.05, 3.63) is 58.9 Å². The summed E-state index contributed by atoms with van der Waals surface area (Å²) in [6.45, 7) is 1.96. The van der Waals surface area contributed by atoms with E-state index in [9.17, 15) is 4.79 Å². The summed E-state index contributed by atoms with van der Waals surface area (Å²) in [7, 11) is 1.75. The zero-order valence-corrected chi connectivity index (χ0v) is 12.6. The molecule has 5 nitrogen and oxygen atoms in total. The van der Waals surface area contributed by atoms with Crippen LogP contribution in [-0.4, -0.2) is 22.8 Å². The zero-order chi connectivity index (χ0) is 15.4. The van der Waals surface area contributed by atoms with Gasteiger partial charge in [0.05, 0.1) is 23.5 Å². The molecule has 1 amide bonds. The third kappa shape index (κ3) is 3.32. The highest BCUT2D eigenvalue weighted by Crippen LogP contribution is 2.24. The van der Waals surface area contributed by atoms with Crippen LogP contribution in [0.5, 0.6) is 0 Å². The van der Waals surface area contributed by atoms with Gasteiger partial charge in [-0.3, -0.25) is 15.6 Å². The zero-order valence-electron chi connectivity index (χ0n) is 11.9. The first-order valence-electron chi connectivity index (χ1n) is 6.48. The summed E-state index contributed by atoms with van der Waals surface area (Å²) >= 11 is 5.88. The van der Waals surface area contributed by atoms with Gasteiger partial charge in [-0.05, 0) is 30.7 Å². The minimum atomic E-state index is -0.132. The van der Waals surface area contributed by atoms with E-state index in [2.05, 4.69) is 10.4 Å². The highest BCUT2D eigenvalue weighted by molar-refractivity contribution is 6.30. The van der Waals surface area contributed by atoms with Crippen molar-refractivity contribution in [3.8, 4) is 0 Å². The molecule has 0 fully saturated rings. The van der Waals surface area contributed by atoms with Crippen LogP contribution in [0.3, 0.4) is 0 Å². The number of rotatable bonds is 4. The number of benzene rings is 1. The molecule has 2 rings (SSSR count). The second-order valence-corrected chi connectivity index (χ2v) is 5.15. The van der Waals surface area contributed by atoms with Crippen molar-refractivity contribution in [3.63, 3.8) is 0 Å². The lowest BCUT2D eigenvalue weighted by Crippen LogP contribution is -2.30. The SMILES string of the molecule is CC(c1ccc(Cl)cc1)N(C)C(=O)c1ccncc1NN. The van der Waals surface area contributed by atoms with Crippen LogP contribution in [0.15, 0.2) is 42.7 Å². The van der Waals surface area contributed by atoms with Gasteiger partial charge in [-0.2, -0.15) is 0 Å². The molecule has 0 spiro atoms. The Labute approximate surface area is 128 Å². The monoisotopic (exact) mass is 304 g/mol. The Morgan fingerprint density at radius 1 is 1.33 bits per heavy atom. The quantitative estimate of drug-likeness (QED) is 0.673. The van der Waals surface area contributed by atoms with Crippen molar-refractivity contribution in [1.82, 2.24) is 9.88 Å². The molecule has 6 heteroatoms. The van der Waals surface area contributed by atoms with Gasteiger partial charge in [0.1, 0.15) is 0 Å². The van der Waals surface area contributed by atoms with Gasteiger partial charge >= 0.3 is 0 Å². The number of carbonyl (C=O) groups is 1. The molecule has 0 saturated heterocycles. The van der Waals surface area contributed by atoms with Crippen molar-refractivity contribution in [1.29, 1.82) is 0 Å². The summed E-state index contributed by atoms with van der Waals surface area (Å²) in [5, 5.41) is 0.670. The maximum atomic E-state index is 12.6. The molecule has 1 atom stereocenters. The number of aromatic nitrogens is 1. The van der Waals surface area contributed by atoms with Crippen LogP contribution in [0.2, 0.25) is 5.02 Å². The van der Waals surface area contributed by atoms with Crippen LogP contribution in [0.1, 0.15) is 28.9 Å². The maximum absolute atomic E-state index is 12.6. The Kier molecular flexibility index (Phi) is 4.77. The highest BCUT2D eigenvalue weighted by Gasteiger charge is 2.21. The molecule has 110 valence electrons. The van der Waals surface area contributed by atoms with Crippen LogP contribution in [0.4, 0.5) is 5.69 Å². The van der Waals surface area contributed by atoms with Gasteiger partial charge in [0.2, 0.25) is 0 Å². The van der Waals surface area contributed by atoms with Crippen molar-refractivity contribution >= 4 is 23.2 Å². The second-order valence-electron chi connectivity index (χ2n) is 4.71. The minimum Gasteiger partial charge on any atom is -0.335 e. The fraction of sp³-hybridized carbons (Fsp3) is 0.200. The summed E-state index contributed by atoms with van der Waals surface area (Å²) in [6, 6.07) is 8.99. The van der Waals surface area contributed by atoms with E-state index in [0.29, 0.717) is 16.3 Å². The molecule has 0 aliphatic carbocycles. The lowest BCUT2D eigenvalue weighted by atomic mass is 10.1. The number of anilines is 1. The topological polar surface area (TPSA) is 71.2 Å². The largest absolute Gasteiger partial charge is 0.335 e. The van der Waals surface area contributed by atoms with Gasteiger partial charge in [-0.25, -0.2) is 0 Å². The molecule has 1 unspecified atom stereocenters. The van der Waals surface area contributed by atoms with Gasteiger partial charge < -0.3 is 10.3 Å². The predicted octanol–water partition coefficient (Wildman–Crippen LogP) is 2.85. The molecule has 0 bridgehead atoms. The molecule has 0 aliphatic heterocycles. The molecule has 1 aromatic heterocycles. The average molecular weight is 305 g/mol. The molecule has 21 heavy (non-hydrogen) atoms. The van der Waals surface area contributed by atoms with Crippen molar-refractivity contribution in [2.24, 2.45) is 5.84 Å². The molecule has 2 aromatic rings. The summed E-state index contributed by atoms with van der Waals surface area (Å²) in [5.41, 5.74) is 4.48. The van der Waals surface area contributed by atoms with E-state index in [1.807, 2.05) is 31.2 Å². The van der Waals surface area contributed by atoms with Crippen molar-refractivity contribution < 1.29 is 4.79 Å². The Balaban J connectivity index is 2.24. The number of hydrazine groups is 1. The average Bonchev–Trinajstić information content (AvgIpc) is 2.53. The fourth-order valence-electron chi connectivity index (χ4n) is 2.03. The van der Waals surface area contributed by atoms with Gasteiger partial charge in [-0.1, -0.05) is 23.7 Å². The van der Waals surface area contributed by atoms with Gasteiger partial charge in [0.25, 0.3) is 5.91 Å². The number of nitrogens with two attached hydrogens (primary N) is 1. The molecular weight excluding hydrogens is 288 g/mol. The van der Waals surface area contributed by atoms with E-state index in [-0.39, 0.29) is 11.9 Å². The maximum Gasteiger partial charge on any atom is 0.256 e. The van der Waals surface area contributed by atoms with Gasteiger partial charge in [0.15, 0.2) is 0 Å². The van der Waals surface area contributed by atoms with Gasteiger partial charge in [-0.15, -0.1) is 0 Å². The third-order valence-electron chi connectivity index (χ3n) is 3.46. The van der Waals surface area contributed by atoms with E-state index in [1.165, 1.54) is 6.20 Å². The Hall–Kier alpha value is -2.11. The van der Waals surface area contributed by atoms with Crippen molar-refractivity contribution in [2.75, 3.05) is 12.5 Å². The van der Waals surface area contributed by atoms with Crippen LogP contribution >= 0.6 is 11.6 Å². The lowest BCUT2D eigenvalue weighted by molar-refractivity contribution is 0.0743.